The number of rotatable bonds is 9. The number of carboxylic acids is 1. The number of carboxylic acid groups (broad SMARTS) is 1. The molecule has 0 saturated heterocycles. The molecular formula is C44H32F6N6O5S27. The van der Waals surface area contributed by atoms with Crippen LogP contribution in [0.25, 0.3) is 11.1 Å². The molecule has 0 radical (unpaired) electrons. The molecule has 2 aromatic heterocycles. The molecule has 88 heavy (non-hydrogen) atoms. The number of aryl methyl sites for hydroxylation is 2. The second-order valence-corrected chi connectivity index (χ2v) is 55.5. The molecule has 6 rings (SSSR count). The molecule has 0 unspecified atom stereocenters. The standard InChI is InChI=1S/C29H21F3N4O2.C15H11F3N2O3.S14.S13/c1-18-13-21(29(30,31)32)15-22(14-18)35-28(38)26-12-6-11-25(36-26)27(37)34-17-20-8-3-5-10-24(20)23-9-4-2-7-19(23)16-33;1-8-5-9(15(16,17)18)7-10(6-8)19-13(21)11-3-2-4-12(20-11)14(22)23;1-3-5-7-9-11-13-14-12-10-8-6-4-2;1-3-5-7-9-11-13-12-10-8-6-4-2/h2-15H,17H2,1H3,(H,34,37)(H,35,38);2-7H,1H3,(H,19,21)(H,22,23);;. The van der Waals surface area contributed by atoms with E-state index in [1.54, 1.807) is 181 Å². The Kier molecular flexibility index (Phi) is 42.2. The first-order valence-electron chi connectivity index (χ1n) is 22.0. The minimum Gasteiger partial charge on any atom is -0.477 e. The number of carbonyl (C=O) groups is 4. The number of aromatic nitrogens is 2. The van der Waals surface area contributed by atoms with E-state index >= 15 is 0 Å². The summed E-state index contributed by atoms with van der Waals surface area (Å²) in [7, 11) is 38.0. The van der Waals surface area contributed by atoms with E-state index in [0.29, 0.717) is 16.7 Å². The fourth-order valence-electron chi connectivity index (χ4n) is 6.03. The Hall–Kier alpha value is -1.93. The van der Waals surface area contributed by atoms with Crippen molar-refractivity contribution in [1.82, 2.24) is 15.3 Å². The molecule has 0 aliphatic rings. The van der Waals surface area contributed by atoms with Crippen molar-refractivity contribution in [2.24, 2.45) is 0 Å². The highest BCUT2D eigenvalue weighted by atomic mass is 33.5. The Labute approximate surface area is 584 Å². The van der Waals surface area contributed by atoms with Crippen LogP contribution in [0.2, 0.25) is 0 Å². The van der Waals surface area contributed by atoms with Crippen molar-refractivity contribution in [3.05, 3.63) is 177 Å². The quantitative estimate of drug-likeness (QED) is 0.101. The number of nitrogens with one attached hydrogen (secondary N) is 3. The maximum Gasteiger partial charge on any atom is 0.416 e. The first kappa shape index (κ1) is 80.3. The predicted octanol–water partition coefficient (Wildman–Crippen LogP) is 9.42. The molecular weight excluding hydrogens is 1670 g/mol. The molecule has 0 spiro atoms. The van der Waals surface area contributed by atoms with Gasteiger partial charge >= 0.3 is 18.3 Å². The highest BCUT2D eigenvalue weighted by molar-refractivity contribution is 8.77. The number of anilines is 2. The van der Waals surface area contributed by atoms with Gasteiger partial charge in [-0.2, -0.15) is 31.6 Å². The summed E-state index contributed by atoms with van der Waals surface area (Å²) in [6, 6.07) is 31.0. The molecule has 6 aromatic rings. The summed E-state index contributed by atoms with van der Waals surface area (Å²) in [5.41, 5.74) is 0.895. The highest BCUT2D eigenvalue weighted by Crippen LogP contribution is 2.33. The number of hydrogen-bond donors (Lipinski definition) is 4. The average Bonchev–Trinajstić information content (AvgIpc) is 3.37. The topological polar surface area (TPSA) is 174 Å². The molecule has 44 heteroatoms. The molecule has 0 saturated carbocycles. The van der Waals surface area contributed by atoms with Crippen molar-refractivity contribution in [2.45, 2.75) is 32.7 Å². The maximum absolute atomic E-state index is 13.1. The first-order valence-corrected chi connectivity index (χ1v) is 55.4. The summed E-state index contributed by atoms with van der Waals surface area (Å²) in [5.74, 6) is -3.41. The van der Waals surface area contributed by atoms with Crippen LogP contribution in [0.4, 0.5) is 37.7 Å². The summed E-state index contributed by atoms with van der Waals surface area (Å²) < 4.78 is 77.6. The van der Waals surface area contributed by atoms with E-state index in [9.17, 15) is 50.8 Å². The predicted molar refractivity (Wildman–Crippen MR) is 410 cm³/mol. The zero-order valence-electron chi connectivity index (χ0n) is 43.0. The lowest BCUT2D eigenvalue weighted by molar-refractivity contribution is -0.138. The Balaban J connectivity index is 0.000000343. The molecule has 472 valence electrons. The van der Waals surface area contributed by atoms with Gasteiger partial charge in [0, 0.05) is 267 Å². The maximum atomic E-state index is 13.1. The van der Waals surface area contributed by atoms with Gasteiger partial charge in [0.05, 0.1) is 22.8 Å². The van der Waals surface area contributed by atoms with Gasteiger partial charge in [0.1, 0.15) is 22.8 Å². The molecule has 4 aromatic carbocycles. The van der Waals surface area contributed by atoms with Crippen LogP contribution in [0.15, 0.2) is 121 Å². The van der Waals surface area contributed by atoms with E-state index in [2.05, 4.69) is 32.0 Å². The van der Waals surface area contributed by atoms with Gasteiger partial charge in [-0.25, -0.2) is 14.8 Å². The lowest BCUT2D eigenvalue weighted by Gasteiger charge is -2.13. The van der Waals surface area contributed by atoms with E-state index in [1.165, 1.54) is 97.9 Å². The third kappa shape index (κ3) is 33.3. The number of hydrogen-bond acceptors (Lipinski definition) is 11. The van der Waals surface area contributed by atoms with Crippen molar-refractivity contribution in [3.8, 4) is 17.2 Å². The van der Waals surface area contributed by atoms with E-state index < -0.39 is 47.2 Å². The Morgan fingerprint density at radius 2 is 0.807 bits per heavy atom. The first-order chi connectivity index (χ1) is 42.1. The average molecular weight is 1700 g/mol. The normalized spacial score (nSPS) is 9.81. The van der Waals surface area contributed by atoms with Gasteiger partial charge in [0.25, 0.3) is 17.7 Å². The molecule has 0 bridgehead atoms. The molecule has 0 aliphatic carbocycles. The van der Waals surface area contributed by atoms with Crippen LogP contribution >= 0.6 is 0 Å². The van der Waals surface area contributed by atoms with Crippen LogP contribution in [0.5, 0.6) is 0 Å². The van der Waals surface area contributed by atoms with Gasteiger partial charge in [-0.3, -0.25) is 14.4 Å². The molecule has 0 aliphatic heterocycles. The molecule has 3 amide bonds. The number of nitrogens with zero attached hydrogens (tertiary/aromatic N) is 3. The molecule has 4 N–H and O–H groups in total. The van der Waals surface area contributed by atoms with Gasteiger partial charge < -0.3 is 21.1 Å². The summed E-state index contributed by atoms with van der Waals surface area (Å²) in [5, 5.41) is 25.7. The third-order valence-electron chi connectivity index (χ3n) is 9.12. The smallest absolute Gasteiger partial charge is 0.416 e. The lowest BCUT2D eigenvalue weighted by Crippen LogP contribution is -2.25. The third-order valence-corrected chi connectivity index (χ3v) is 55.8. The van der Waals surface area contributed by atoms with E-state index in [-0.39, 0.29) is 40.7 Å². The zero-order chi connectivity index (χ0) is 64.7. The summed E-state index contributed by atoms with van der Waals surface area (Å²) in [6.45, 7) is 3.09. The molecule has 2 heterocycles. The zero-order valence-corrected chi connectivity index (χ0v) is 65.0. The Bertz CT molecular complexity index is 4640. The number of halogens is 6. The molecule has 11 nitrogen and oxygen atoms in total. The van der Waals surface area contributed by atoms with Gasteiger partial charge in [0.2, 0.25) is 0 Å². The van der Waals surface area contributed by atoms with Gasteiger partial charge in [0.15, 0.2) is 0 Å². The van der Waals surface area contributed by atoms with Gasteiger partial charge in [-0.1, -0.05) is 54.6 Å². The van der Waals surface area contributed by atoms with E-state index in [1.807, 2.05) is 36.4 Å². The van der Waals surface area contributed by atoms with Crippen LogP contribution < -0.4 is 16.0 Å². The van der Waals surface area contributed by atoms with Gasteiger partial charge in [-0.15, -0.1) is 0 Å². The number of carbonyl (C=O) groups excluding carboxylic acids is 3. The fourth-order valence-corrected chi connectivity index (χ4v) is 58.2. The summed E-state index contributed by atoms with van der Waals surface area (Å²) in [6.07, 6.45) is -9.09. The van der Waals surface area contributed by atoms with Crippen LogP contribution in [0, 0.1) is 25.2 Å². The van der Waals surface area contributed by atoms with Crippen molar-refractivity contribution < 1.29 is 50.6 Å². The minimum absolute atomic E-state index is 0.0340. The van der Waals surface area contributed by atoms with Crippen molar-refractivity contribution in [1.29, 1.82) is 5.26 Å². The Morgan fingerprint density at radius 3 is 1.18 bits per heavy atom. The fraction of sp³-hybridized carbons (Fsp3) is 0.114. The Morgan fingerprint density at radius 1 is 0.466 bits per heavy atom. The van der Waals surface area contributed by atoms with Crippen LogP contribution in [-0.4, -0.2) is 38.8 Å². The summed E-state index contributed by atoms with van der Waals surface area (Å²) >= 11 is 18.8. The SMILES string of the molecule is Cc1cc(NC(=O)c2cccc(C(=O)NCc3ccccc3-c3ccccc3C#N)n2)cc(C(F)(F)F)c1.Cc1cc(NC(=O)c2cccc(C(=O)O)n2)cc(C(F)(F)F)c1.S=S=S=S=S=S=S=S=S=S=S=S=S.S=S=S=S=S=S=S=S=S=S=S=S=S=S. The number of nitriles is 1. The van der Waals surface area contributed by atoms with Crippen LogP contribution in [-0.2, 0) is 268 Å². The second-order valence-electron chi connectivity index (χ2n) is 14.8. The molecule has 0 fully saturated rings. The largest absolute Gasteiger partial charge is 0.477 e. The van der Waals surface area contributed by atoms with Crippen molar-refractivity contribution in [2.75, 3.05) is 10.6 Å². The second kappa shape index (κ2) is 46.2. The number of alkyl halides is 6. The highest BCUT2D eigenvalue weighted by Gasteiger charge is 2.32. The van der Waals surface area contributed by atoms with Crippen molar-refractivity contribution in [3.63, 3.8) is 0 Å². The van der Waals surface area contributed by atoms with Crippen LogP contribution in [0.3, 0.4) is 0 Å². The molecule has 0 atom stereocenters. The monoisotopic (exact) mass is 1700 g/mol. The number of pyridine rings is 2. The van der Waals surface area contributed by atoms with E-state index in [0.717, 1.165) is 41.0 Å². The number of aromatic carboxylic acids is 1. The van der Waals surface area contributed by atoms with E-state index in [4.69, 9.17) is 49.9 Å². The summed E-state index contributed by atoms with van der Waals surface area (Å²) in [4.78, 5) is 56.1. The number of benzene rings is 4. The van der Waals surface area contributed by atoms with Crippen LogP contribution in [0.1, 0.15) is 75.3 Å². The lowest BCUT2D eigenvalue weighted by atomic mass is 9.96. The number of amides is 3. The van der Waals surface area contributed by atoms with Crippen molar-refractivity contribution >= 4 is 284 Å². The van der Waals surface area contributed by atoms with Gasteiger partial charge in [-0.05, 0) is 108 Å². The minimum atomic E-state index is -4.56.